The smallest absolute Gasteiger partial charge is 0.0940 e. The normalized spacial score (nSPS) is 13.7. The molecule has 0 unspecified atom stereocenters. The van der Waals surface area contributed by atoms with E-state index in [4.69, 9.17) is 0 Å². The summed E-state index contributed by atoms with van der Waals surface area (Å²) in [6, 6.07) is 27.8. The van der Waals surface area contributed by atoms with Gasteiger partial charge < -0.3 is 14.7 Å². The van der Waals surface area contributed by atoms with Crippen LogP contribution in [0.15, 0.2) is 85.1 Å². The lowest BCUT2D eigenvalue weighted by molar-refractivity contribution is 1.07. The summed E-state index contributed by atoms with van der Waals surface area (Å²) >= 11 is 0. The highest BCUT2D eigenvalue weighted by Crippen LogP contribution is 2.60. The summed E-state index contributed by atoms with van der Waals surface area (Å²) in [4.78, 5) is 11.6. The van der Waals surface area contributed by atoms with Crippen LogP contribution in [0.1, 0.15) is 0 Å². The molecule has 29 heavy (non-hydrogen) atoms. The number of pyridine rings is 1. The number of para-hydroxylation sites is 4. The molecule has 4 aromatic rings. The van der Waals surface area contributed by atoms with E-state index in [9.17, 15) is 0 Å². The SMILES string of the molecule is CN1c2ccccc2N2c3ccccc3N(C)c3cc(-c4ccccn4)cc1c32. The van der Waals surface area contributed by atoms with Gasteiger partial charge in [-0.2, -0.15) is 0 Å². The quantitative estimate of drug-likeness (QED) is 0.384. The van der Waals surface area contributed by atoms with E-state index in [2.05, 4.69) is 101 Å². The minimum absolute atomic E-state index is 0.984. The van der Waals surface area contributed by atoms with Crippen LogP contribution in [0.4, 0.5) is 39.8 Å². The first kappa shape index (κ1) is 16.2. The Kier molecular flexibility index (Phi) is 3.27. The van der Waals surface area contributed by atoms with Gasteiger partial charge in [-0.15, -0.1) is 0 Å². The van der Waals surface area contributed by atoms with Crippen LogP contribution in [0.5, 0.6) is 0 Å². The van der Waals surface area contributed by atoms with Crippen LogP contribution in [-0.2, 0) is 0 Å². The zero-order chi connectivity index (χ0) is 19.5. The molecule has 2 aliphatic heterocycles. The molecule has 0 radical (unpaired) electrons. The molecule has 0 N–H and O–H groups in total. The Morgan fingerprint density at radius 1 is 0.586 bits per heavy atom. The molecule has 0 saturated carbocycles. The van der Waals surface area contributed by atoms with E-state index in [-0.39, 0.29) is 0 Å². The Morgan fingerprint density at radius 2 is 1.10 bits per heavy atom. The van der Waals surface area contributed by atoms with Gasteiger partial charge >= 0.3 is 0 Å². The van der Waals surface area contributed by atoms with Crippen LogP contribution in [0.25, 0.3) is 11.3 Å². The zero-order valence-electron chi connectivity index (χ0n) is 16.4. The number of benzene rings is 3. The van der Waals surface area contributed by atoms with Gasteiger partial charge in [-0.1, -0.05) is 30.3 Å². The van der Waals surface area contributed by atoms with Gasteiger partial charge in [0, 0.05) is 25.9 Å². The number of aromatic nitrogens is 1. The first-order valence-corrected chi connectivity index (χ1v) is 9.79. The van der Waals surface area contributed by atoms with Crippen LogP contribution in [0.2, 0.25) is 0 Å². The van der Waals surface area contributed by atoms with Crippen molar-refractivity contribution < 1.29 is 0 Å². The molecule has 4 heteroatoms. The van der Waals surface area contributed by atoms with Crippen LogP contribution in [0.3, 0.4) is 0 Å². The van der Waals surface area contributed by atoms with Gasteiger partial charge in [-0.25, -0.2) is 0 Å². The summed E-state index contributed by atoms with van der Waals surface area (Å²) in [6.07, 6.45) is 1.85. The maximum absolute atomic E-state index is 4.60. The van der Waals surface area contributed by atoms with Crippen LogP contribution in [0, 0.1) is 0 Å². The molecule has 2 aliphatic rings. The van der Waals surface area contributed by atoms with Crippen molar-refractivity contribution in [3.63, 3.8) is 0 Å². The second-order valence-corrected chi connectivity index (χ2v) is 7.51. The Bertz CT molecular complexity index is 1170. The fraction of sp³-hybridized carbons (Fsp3) is 0.0800. The summed E-state index contributed by atoms with van der Waals surface area (Å²) in [5.74, 6) is 0. The van der Waals surface area contributed by atoms with Crippen molar-refractivity contribution in [2.45, 2.75) is 0 Å². The molecule has 6 rings (SSSR count). The molecule has 0 spiro atoms. The highest BCUT2D eigenvalue weighted by molar-refractivity contribution is 6.09. The van der Waals surface area contributed by atoms with Gasteiger partial charge in [0.05, 0.1) is 45.5 Å². The second-order valence-electron chi connectivity index (χ2n) is 7.51. The molecule has 4 nitrogen and oxygen atoms in total. The van der Waals surface area contributed by atoms with Crippen molar-refractivity contribution in [3.8, 4) is 11.3 Å². The van der Waals surface area contributed by atoms with Crippen molar-refractivity contribution in [1.29, 1.82) is 0 Å². The molecule has 140 valence electrons. The molecule has 0 saturated heterocycles. The van der Waals surface area contributed by atoms with Crippen LogP contribution >= 0.6 is 0 Å². The first-order chi connectivity index (χ1) is 14.2. The molecule has 3 heterocycles. The maximum Gasteiger partial charge on any atom is 0.0940 e. The summed E-state index contributed by atoms with van der Waals surface area (Å²) in [5, 5.41) is 0. The van der Waals surface area contributed by atoms with Crippen LogP contribution < -0.4 is 14.7 Å². The van der Waals surface area contributed by atoms with Crippen molar-refractivity contribution in [3.05, 3.63) is 85.1 Å². The average molecular weight is 376 g/mol. The third kappa shape index (κ3) is 2.17. The monoisotopic (exact) mass is 376 g/mol. The number of hydrogen-bond donors (Lipinski definition) is 0. The minimum atomic E-state index is 0.984. The van der Waals surface area contributed by atoms with Crippen molar-refractivity contribution in [1.82, 2.24) is 4.98 Å². The Hall–Kier alpha value is -3.79. The summed E-state index contributed by atoms with van der Waals surface area (Å²) in [7, 11) is 4.29. The predicted molar refractivity (Wildman–Crippen MR) is 120 cm³/mol. The molecular weight excluding hydrogens is 356 g/mol. The minimum Gasteiger partial charge on any atom is -0.341 e. The Labute approximate surface area is 170 Å². The Balaban J connectivity index is 1.70. The highest BCUT2D eigenvalue weighted by Gasteiger charge is 2.36. The summed E-state index contributed by atoms with van der Waals surface area (Å²) in [5.41, 5.74) is 10.5. The molecule has 3 aromatic carbocycles. The molecule has 0 fully saturated rings. The summed E-state index contributed by atoms with van der Waals surface area (Å²) < 4.78 is 0. The van der Waals surface area contributed by atoms with E-state index in [0.29, 0.717) is 0 Å². The van der Waals surface area contributed by atoms with E-state index in [1.54, 1.807) is 0 Å². The largest absolute Gasteiger partial charge is 0.341 e. The van der Waals surface area contributed by atoms with Gasteiger partial charge in [0.25, 0.3) is 0 Å². The van der Waals surface area contributed by atoms with Gasteiger partial charge in [-0.05, 0) is 48.5 Å². The number of hydrogen-bond acceptors (Lipinski definition) is 4. The van der Waals surface area contributed by atoms with E-state index in [0.717, 1.165) is 11.3 Å². The number of fused-ring (bicyclic) bond motifs is 4. The van der Waals surface area contributed by atoms with E-state index in [1.165, 1.54) is 39.8 Å². The Morgan fingerprint density at radius 3 is 1.62 bits per heavy atom. The van der Waals surface area contributed by atoms with Crippen LogP contribution in [-0.4, -0.2) is 19.1 Å². The number of nitrogens with zero attached hydrogens (tertiary/aromatic N) is 4. The first-order valence-electron chi connectivity index (χ1n) is 9.79. The van der Waals surface area contributed by atoms with Crippen molar-refractivity contribution in [2.75, 3.05) is 28.8 Å². The zero-order valence-corrected chi connectivity index (χ0v) is 16.4. The molecule has 1 aromatic heterocycles. The third-order valence-electron chi connectivity index (χ3n) is 5.94. The van der Waals surface area contributed by atoms with Gasteiger partial charge in [-0.3, -0.25) is 4.98 Å². The third-order valence-corrected chi connectivity index (χ3v) is 5.94. The summed E-state index contributed by atoms with van der Waals surface area (Å²) in [6.45, 7) is 0. The van der Waals surface area contributed by atoms with Crippen molar-refractivity contribution >= 4 is 39.8 Å². The topological polar surface area (TPSA) is 22.6 Å². The van der Waals surface area contributed by atoms with E-state index in [1.807, 2.05) is 18.3 Å². The fourth-order valence-corrected chi connectivity index (χ4v) is 4.53. The molecule has 0 bridgehead atoms. The number of rotatable bonds is 1. The standard InChI is InChI=1S/C25H20N4/c1-27-19-10-3-5-12-21(19)29-22-13-6-4-11-20(22)28(2)24-16-17(15-23(27)25(24)29)18-9-7-8-14-26-18/h3-16H,1-2H3. The average Bonchev–Trinajstić information content (AvgIpc) is 2.79. The maximum atomic E-state index is 4.60. The van der Waals surface area contributed by atoms with Gasteiger partial charge in [0.1, 0.15) is 0 Å². The van der Waals surface area contributed by atoms with Gasteiger partial charge in [0.2, 0.25) is 0 Å². The predicted octanol–water partition coefficient (Wildman–Crippen LogP) is 6.38. The fourth-order valence-electron chi connectivity index (χ4n) is 4.53. The highest BCUT2D eigenvalue weighted by atomic mass is 15.3. The van der Waals surface area contributed by atoms with E-state index < -0.39 is 0 Å². The lowest BCUT2D eigenvalue weighted by Gasteiger charge is -2.45. The molecule has 0 aliphatic carbocycles. The lowest BCUT2D eigenvalue weighted by atomic mass is 9.97. The number of anilines is 7. The lowest BCUT2D eigenvalue weighted by Crippen LogP contribution is -2.30. The van der Waals surface area contributed by atoms with Gasteiger partial charge in [0.15, 0.2) is 0 Å². The van der Waals surface area contributed by atoms with E-state index >= 15 is 0 Å². The molecule has 0 atom stereocenters. The van der Waals surface area contributed by atoms with Crippen molar-refractivity contribution in [2.24, 2.45) is 0 Å². The second kappa shape index (κ2) is 5.85. The molecule has 0 amide bonds. The molecular formula is C25H20N4.